The van der Waals surface area contributed by atoms with Crippen molar-refractivity contribution in [3.63, 3.8) is 0 Å². The summed E-state index contributed by atoms with van der Waals surface area (Å²) in [5, 5.41) is 0. The maximum atomic E-state index is 5.79. The Bertz CT molecular complexity index is 318. The second kappa shape index (κ2) is 4.22. The number of aryl methyl sites for hydroxylation is 2. The lowest BCUT2D eigenvalue weighted by Crippen LogP contribution is -2.30. The van der Waals surface area contributed by atoms with Gasteiger partial charge in [-0.1, -0.05) is 6.07 Å². The number of hydrogen-bond donors (Lipinski definition) is 0. The van der Waals surface area contributed by atoms with Crippen LogP contribution in [0.25, 0.3) is 0 Å². The molecular formula is C12H17ClO. The van der Waals surface area contributed by atoms with Crippen molar-refractivity contribution in [2.75, 3.05) is 5.88 Å². The molecule has 0 aliphatic carbocycles. The average Bonchev–Trinajstić information content (AvgIpc) is 2.11. The highest BCUT2D eigenvalue weighted by atomic mass is 35.5. The number of benzene rings is 1. The lowest BCUT2D eigenvalue weighted by atomic mass is 10.1. The molecule has 1 nitrogen and oxygen atoms in total. The molecule has 1 aromatic rings. The van der Waals surface area contributed by atoms with Crippen molar-refractivity contribution in [3.05, 3.63) is 29.3 Å². The Morgan fingerprint density at radius 1 is 1.21 bits per heavy atom. The summed E-state index contributed by atoms with van der Waals surface area (Å²) in [7, 11) is 0. The molecule has 0 bridgehead atoms. The highest BCUT2D eigenvalue weighted by Gasteiger charge is 2.18. The predicted octanol–water partition coefficient (Wildman–Crippen LogP) is 3.70. The molecule has 0 amide bonds. The van der Waals surface area contributed by atoms with E-state index in [4.69, 9.17) is 16.3 Å². The van der Waals surface area contributed by atoms with Gasteiger partial charge in [-0.15, -0.1) is 11.6 Å². The van der Waals surface area contributed by atoms with Gasteiger partial charge in [0, 0.05) is 0 Å². The van der Waals surface area contributed by atoms with E-state index in [-0.39, 0.29) is 5.60 Å². The molecule has 0 aliphatic rings. The second-order valence-corrected chi connectivity index (χ2v) is 4.51. The van der Waals surface area contributed by atoms with Crippen LogP contribution in [0.4, 0.5) is 0 Å². The fourth-order valence-electron chi connectivity index (χ4n) is 1.12. The predicted molar refractivity (Wildman–Crippen MR) is 61.3 cm³/mol. The Balaban J connectivity index is 2.83. The van der Waals surface area contributed by atoms with Gasteiger partial charge in [-0.3, -0.25) is 0 Å². The van der Waals surface area contributed by atoms with Gasteiger partial charge in [0.05, 0.1) is 5.88 Å². The molecule has 0 aliphatic heterocycles. The molecular weight excluding hydrogens is 196 g/mol. The summed E-state index contributed by atoms with van der Waals surface area (Å²) in [5.74, 6) is 1.37. The Morgan fingerprint density at radius 3 is 2.36 bits per heavy atom. The Hall–Kier alpha value is -0.690. The van der Waals surface area contributed by atoms with E-state index in [0.29, 0.717) is 5.88 Å². The third kappa shape index (κ3) is 2.91. The minimum Gasteiger partial charge on any atom is -0.487 e. The first kappa shape index (κ1) is 11.4. The molecule has 0 N–H and O–H groups in total. The maximum absolute atomic E-state index is 5.79. The standard InChI is InChI=1S/C12H17ClO/c1-9-5-6-11(7-10(9)2)14-12(3,4)8-13/h5-7H,8H2,1-4H3. The van der Waals surface area contributed by atoms with Gasteiger partial charge >= 0.3 is 0 Å². The van der Waals surface area contributed by atoms with E-state index in [1.54, 1.807) is 0 Å². The molecule has 0 aromatic heterocycles. The lowest BCUT2D eigenvalue weighted by Gasteiger charge is -2.24. The van der Waals surface area contributed by atoms with Gasteiger partial charge in [-0.25, -0.2) is 0 Å². The first-order chi connectivity index (χ1) is 6.44. The quantitative estimate of drug-likeness (QED) is 0.695. The third-order valence-electron chi connectivity index (χ3n) is 2.19. The van der Waals surface area contributed by atoms with Crippen LogP contribution in [0, 0.1) is 13.8 Å². The van der Waals surface area contributed by atoms with E-state index >= 15 is 0 Å². The van der Waals surface area contributed by atoms with E-state index in [9.17, 15) is 0 Å². The molecule has 1 aromatic carbocycles. The summed E-state index contributed by atoms with van der Waals surface area (Å²) in [6.07, 6.45) is 0. The summed E-state index contributed by atoms with van der Waals surface area (Å²) in [4.78, 5) is 0. The molecule has 14 heavy (non-hydrogen) atoms. The zero-order valence-electron chi connectivity index (χ0n) is 9.23. The van der Waals surface area contributed by atoms with Crippen molar-refractivity contribution in [2.45, 2.75) is 33.3 Å². The van der Waals surface area contributed by atoms with Gasteiger partial charge < -0.3 is 4.74 Å². The number of rotatable bonds is 3. The first-order valence-electron chi connectivity index (χ1n) is 4.77. The van der Waals surface area contributed by atoms with Crippen LogP contribution in [0.1, 0.15) is 25.0 Å². The Labute approximate surface area is 91.0 Å². The number of alkyl halides is 1. The van der Waals surface area contributed by atoms with Gasteiger partial charge in [-0.05, 0) is 51.0 Å². The molecule has 0 unspecified atom stereocenters. The van der Waals surface area contributed by atoms with E-state index in [1.165, 1.54) is 11.1 Å². The van der Waals surface area contributed by atoms with Crippen molar-refractivity contribution in [2.24, 2.45) is 0 Å². The summed E-state index contributed by atoms with van der Waals surface area (Å²) < 4.78 is 5.75. The van der Waals surface area contributed by atoms with Gasteiger partial charge in [-0.2, -0.15) is 0 Å². The Kier molecular flexibility index (Phi) is 3.43. The second-order valence-electron chi connectivity index (χ2n) is 4.24. The minimum atomic E-state index is -0.302. The molecule has 0 saturated heterocycles. The van der Waals surface area contributed by atoms with E-state index in [2.05, 4.69) is 19.9 Å². The van der Waals surface area contributed by atoms with E-state index < -0.39 is 0 Å². The molecule has 0 radical (unpaired) electrons. The van der Waals surface area contributed by atoms with Crippen LogP contribution in [-0.4, -0.2) is 11.5 Å². The monoisotopic (exact) mass is 212 g/mol. The molecule has 2 heteroatoms. The van der Waals surface area contributed by atoms with Crippen molar-refractivity contribution >= 4 is 11.6 Å². The largest absolute Gasteiger partial charge is 0.487 e. The van der Waals surface area contributed by atoms with Gasteiger partial charge in [0.2, 0.25) is 0 Å². The summed E-state index contributed by atoms with van der Waals surface area (Å²) >= 11 is 5.79. The highest BCUT2D eigenvalue weighted by molar-refractivity contribution is 6.18. The van der Waals surface area contributed by atoms with Crippen LogP contribution in [0.5, 0.6) is 5.75 Å². The number of halogens is 1. The van der Waals surface area contributed by atoms with Crippen LogP contribution in [-0.2, 0) is 0 Å². The molecule has 1 rings (SSSR count). The molecule has 78 valence electrons. The zero-order chi connectivity index (χ0) is 10.8. The van der Waals surface area contributed by atoms with Gasteiger partial charge in [0.1, 0.15) is 11.4 Å². The van der Waals surface area contributed by atoms with E-state index in [1.807, 2.05) is 26.0 Å². The smallest absolute Gasteiger partial charge is 0.120 e. The molecule has 0 spiro atoms. The number of ether oxygens (including phenoxy) is 1. The average molecular weight is 213 g/mol. The maximum Gasteiger partial charge on any atom is 0.120 e. The molecule has 0 fully saturated rings. The fourth-order valence-corrected chi connectivity index (χ4v) is 1.18. The normalized spacial score (nSPS) is 11.5. The van der Waals surface area contributed by atoms with E-state index in [0.717, 1.165) is 5.75 Å². The zero-order valence-corrected chi connectivity index (χ0v) is 9.98. The SMILES string of the molecule is Cc1ccc(OC(C)(C)CCl)cc1C. The third-order valence-corrected chi connectivity index (χ3v) is 2.84. The van der Waals surface area contributed by atoms with Gasteiger partial charge in [0.25, 0.3) is 0 Å². The topological polar surface area (TPSA) is 9.23 Å². The fraction of sp³-hybridized carbons (Fsp3) is 0.500. The minimum absolute atomic E-state index is 0.302. The first-order valence-corrected chi connectivity index (χ1v) is 5.30. The highest BCUT2D eigenvalue weighted by Crippen LogP contribution is 2.22. The molecule has 0 atom stereocenters. The van der Waals surface area contributed by atoms with Crippen LogP contribution >= 0.6 is 11.6 Å². The number of hydrogen-bond acceptors (Lipinski definition) is 1. The van der Waals surface area contributed by atoms with Crippen molar-refractivity contribution in [1.29, 1.82) is 0 Å². The summed E-state index contributed by atoms with van der Waals surface area (Å²) in [5.41, 5.74) is 2.22. The van der Waals surface area contributed by atoms with Crippen LogP contribution < -0.4 is 4.74 Å². The van der Waals surface area contributed by atoms with Crippen molar-refractivity contribution in [3.8, 4) is 5.75 Å². The van der Waals surface area contributed by atoms with Crippen LogP contribution in [0.3, 0.4) is 0 Å². The Morgan fingerprint density at radius 2 is 1.86 bits per heavy atom. The molecule has 0 heterocycles. The van der Waals surface area contributed by atoms with Crippen molar-refractivity contribution in [1.82, 2.24) is 0 Å². The van der Waals surface area contributed by atoms with Crippen LogP contribution in [0.2, 0.25) is 0 Å². The van der Waals surface area contributed by atoms with Crippen molar-refractivity contribution < 1.29 is 4.74 Å². The summed E-state index contributed by atoms with van der Waals surface area (Å²) in [6.45, 7) is 8.13. The lowest BCUT2D eigenvalue weighted by molar-refractivity contribution is 0.134. The van der Waals surface area contributed by atoms with Gasteiger partial charge in [0.15, 0.2) is 0 Å². The van der Waals surface area contributed by atoms with Crippen LogP contribution in [0.15, 0.2) is 18.2 Å². The summed E-state index contributed by atoms with van der Waals surface area (Å²) in [6, 6.07) is 6.09. The molecule has 0 saturated carbocycles.